The van der Waals surface area contributed by atoms with Gasteiger partial charge in [-0.2, -0.15) is 13.2 Å². The first-order valence-electron chi connectivity index (χ1n) is 6.50. The number of rotatable bonds is 1. The third-order valence-corrected chi connectivity index (χ3v) is 3.08. The highest BCUT2D eigenvalue weighted by Crippen LogP contribution is 2.36. The summed E-state index contributed by atoms with van der Waals surface area (Å²) in [6.45, 7) is 5.07. The number of nitrogens with two attached hydrogens (primary N) is 1. The molecule has 0 aliphatic heterocycles. The quantitative estimate of drug-likeness (QED) is 0.562. The van der Waals surface area contributed by atoms with Gasteiger partial charge in [0, 0.05) is 21.3 Å². The van der Waals surface area contributed by atoms with Gasteiger partial charge in [0.25, 0.3) is 0 Å². The van der Waals surface area contributed by atoms with Gasteiger partial charge in [-0.25, -0.2) is 4.79 Å². The van der Waals surface area contributed by atoms with Crippen LogP contribution >= 0.6 is 15.9 Å². The number of alkyl halides is 3. The number of carbonyl (C=O) groups excluding carboxylic acids is 1. The van der Waals surface area contributed by atoms with Crippen LogP contribution in [0.2, 0.25) is 0 Å². The molecule has 0 aliphatic rings. The summed E-state index contributed by atoms with van der Waals surface area (Å²) >= 11 is 2.82. The second-order valence-electron chi connectivity index (χ2n) is 5.67. The first-order valence-corrected chi connectivity index (χ1v) is 7.29. The molecule has 23 heavy (non-hydrogen) atoms. The molecule has 0 fully saturated rings. The van der Waals surface area contributed by atoms with Crippen molar-refractivity contribution in [3.63, 3.8) is 0 Å². The molecule has 0 spiro atoms. The predicted octanol–water partition coefficient (Wildman–Crippen LogP) is 3.93. The second-order valence-corrected chi connectivity index (χ2v) is 6.52. The lowest BCUT2D eigenvalue weighted by Crippen LogP contribution is -2.40. The van der Waals surface area contributed by atoms with Crippen molar-refractivity contribution >= 4 is 27.7 Å². The van der Waals surface area contributed by atoms with Crippen LogP contribution in [0.25, 0.3) is 0 Å². The van der Waals surface area contributed by atoms with Gasteiger partial charge in [0.05, 0.1) is 5.56 Å². The Morgan fingerprint density at radius 3 is 2.48 bits per heavy atom. The fourth-order valence-electron chi connectivity index (χ4n) is 1.49. The molecule has 1 aromatic carbocycles. The van der Waals surface area contributed by atoms with Crippen LogP contribution in [0.4, 0.5) is 23.7 Å². The van der Waals surface area contributed by atoms with Crippen molar-refractivity contribution in [2.75, 3.05) is 12.3 Å². The lowest BCUT2D eigenvalue weighted by Gasteiger charge is -2.19. The molecule has 4 nitrogen and oxygen atoms in total. The van der Waals surface area contributed by atoms with Crippen LogP contribution in [-0.2, 0) is 10.9 Å². The number of amides is 1. The van der Waals surface area contributed by atoms with Crippen molar-refractivity contribution in [3.05, 3.63) is 27.7 Å². The van der Waals surface area contributed by atoms with E-state index in [0.29, 0.717) is 0 Å². The van der Waals surface area contributed by atoms with Gasteiger partial charge in [0.1, 0.15) is 0 Å². The number of hydrogen-bond acceptors (Lipinski definition) is 3. The number of nitrogens with one attached hydrogen (secondary N) is 1. The number of carbonyl (C=O) groups is 1. The minimum absolute atomic E-state index is 0.0142. The van der Waals surface area contributed by atoms with Gasteiger partial charge >= 0.3 is 12.3 Å². The first kappa shape index (κ1) is 19.2. The third kappa shape index (κ3) is 6.40. The van der Waals surface area contributed by atoms with Gasteiger partial charge in [-0.15, -0.1) is 0 Å². The number of ether oxygens (including phenoxy) is 1. The Bertz CT molecular complexity index is 656. The fraction of sp³-hybridized carbons (Fsp3) is 0.400. The van der Waals surface area contributed by atoms with Crippen LogP contribution in [0.1, 0.15) is 31.9 Å². The summed E-state index contributed by atoms with van der Waals surface area (Å²) in [5, 5.41) is 2.56. The van der Waals surface area contributed by atoms with E-state index in [1.165, 1.54) is 0 Å². The van der Waals surface area contributed by atoms with E-state index in [4.69, 9.17) is 10.5 Å². The van der Waals surface area contributed by atoms with Crippen molar-refractivity contribution in [3.8, 4) is 11.8 Å². The van der Waals surface area contributed by atoms with E-state index in [9.17, 15) is 18.0 Å². The van der Waals surface area contributed by atoms with Crippen LogP contribution in [-0.4, -0.2) is 18.2 Å². The number of nitrogen functional groups attached to an aromatic ring is 1. The van der Waals surface area contributed by atoms with Gasteiger partial charge in [0.15, 0.2) is 6.61 Å². The highest BCUT2D eigenvalue weighted by atomic mass is 79.9. The minimum atomic E-state index is -4.52. The standard InChI is InChI=1S/C15H16BrF3N2O2/c1-14(2,3)21-13(22)23-6-4-5-9-7-10(15(17,18)19)11(16)8-12(9)20/h7-8H,6,20H2,1-3H3,(H,21,22). The molecule has 0 unspecified atom stereocenters. The number of alkyl carbamates (subject to hydrolysis) is 1. The molecule has 0 atom stereocenters. The molecule has 0 heterocycles. The molecule has 0 aromatic heterocycles. The molecule has 0 bridgehead atoms. The van der Waals surface area contributed by atoms with Gasteiger partial charge in [-0.3, -0.25) is 0 Å². The molecular weight excluding hydrogens is 377 g/mol. The van der Waals surface area contributed by atoms with E-state index >= 15 is 0 Å². The van der Waals surface area contributed by atoms with Crippen molar-refractivity contribution in [2.45, 2.75) is 32.5 Å². The predicted molar refractivity (Wildman–Crippen MR) is 84.7 cm³/mol. The SMILES string of the molecule is CC(C)(C)NC(=O)OCC#Cc1cc(C(F)(F)F)c(Br)cc1N. The largest absolute Gasteiger partial charge is 0.436 e. The van der Waals surface area contributed by atoms with Crippen LogP contribution < -0.4 is 11.1 Å². The Labute approximate surface area is 140 Å². The van der Waals surface area contributed by atoms with E-state index in [1.807, 2.05) is 0 Å². The maximum absolute atomic E-state index is 12.8. The van der Waals surface area contributed by atoms with Crippen molar-refractivity contribution < 1.29 is 22.7 Å². The van der Waals surface area contributed by atoms with Gasteiger partial charge < -0.3 is 15.8 Å². The lowest BCUT2D eigenvalue weighted by atomic mass is 10.1. The van der Waals surface area contributed by atoms with Gasteiger partial charge in [0.2, 0.25) is 0 Å². The minimum Gasteiger partial charge on any atom is -0.436 e. The van der Waals surface area contributed by atoms with Crippen molar-refractivity contribution in [2.24, 2.45) is 0 Å². The van der Waals surface area contributed by atoms with Crippen LogP contribution in [0.3, 0.4) is 0 Å². The number of benzene rings is 1. The maximum Gasteiger partial charge on any atom is 0.417 e. The smallest absolute Gasteiger partial charge is 0.417 e. The molecule has 8 heteroatoms. The topological polar surface area (TPSA) is 64.3 Å². The van der Waals surface area contributed by atoms with Gasteiger partial charge in [-0.05, 0) is 32.9 Å². The molecule has 0 radical (unpaired) electrons. The lowest BCUT2D eigenvalue weighted by molar-refractivity contribution is -0.138. The number of hydrogen-bond donors (Lipinski definition) is 2. The molecular formula is C15H16BrF3N2O2. The average molecular weight is 393 g/mol. The van der Waals surface area contributed by atoms with E-state index < -0.39 is 23.4 Å². The summed E-state index contributed by atoms with van der Waals surface area (Å²) in [4.78, 5) is 11.4. The van der Waals surface area contributed by atoms with E-state index in [1.54, 1.807) is 20.8 Å². The van der Waals surface area contributed by atoms with E-state index in [0.717, 1.165) is 12.1 Å². The average Bonchev–Trinajstić information content (AvgIpc) is 2.32. The van der Waals surface area contributed by atoms with E-state index in [-0.39, 0.29) is 22.3 Å². The molecule has 3 N–H and O–H groups in total. The first-order chi connectivity index (χ1) is 10.4. The van der Waals surface area contributed by atoms with Crippen molar-refractivity contribution in [1.82, 2.24) is 5.32 Å². The fourth-order valence-corrected chi connectivity index (χ4v) is 2.08. The molecule has 126 valence electrons. The van der Waals surface area contributed by atoms with Crippen LogP contribution in [0, 0.1) is 11.8 Å². The van der Waals surface area contributed by atoms with Crippen molar-refractivity contribution in [1.29, 1.82) is 0 Å². The zero-order valence-electron chi connectivity index (χ0n) is 12.8. The van der Waals surface area contributed by atoms with Crippen LogP contribution in [0.15, 0.2) is 16.6 Å². The Morgan fingerprint density at radius 2 is 1.96 bits per heavy atom. The Kier molecular flexibility index (Phi) is 5.94. The molecule has 1 aromatic rings. The molecule has 0 aliphatic carbocycles. The Morgan fingerprint density at radius 1 is 1.35 bits per heavy atom. The Balaban J connectivity index is 2.81. The Hall–Kier alpha value is -1.88. The van der Waals surface area contributed by atoms with Crippen LogP contribution in [0.5, 0.6) is 0 Å². The molecule has 1 amide bonds. The summed E-state index contributed by atoms with van der Waals surface area (Å²) in [6, 6.07) is 1.99. The number of halogens is 4. The maximum atomic E-state index is 12.8. The van der Waals surface area contributed by atoms with Gasteiger partial charge in [-0.1, -0.05) is 27.8 Å². The highest BCUT2D eigenvalue weighted by Gasteiger charge is 2.33. The summed E-state index contributed by atoms with van der Waals surface area (Å²) in [5.41, 5.74) is 4.42. The molecule has 0 saturated heterocycles. The second kappa shape index (κ2) is 7.13. The third-order valence-electron chi connectivity index (χ3n) is 2.42. The summed E-state index contributed by atoms with van der Waals surface area (Å²) < 4.78 is 43.1. The van der Waals surface area contributed by atoms with E-state index in [2.05, 4.69) is 33.1 Å². The zero-order valence-corrected chi connectivity index (χ0v) is 14.4. The number of anilines is 1. The molecule has 1 rings (SSSR count). The summed E-state index contributed by atoms with van der Waals surface area (Å²) in [5.74, 6) is 4.93. The zero-order chi connectivity index (χ0) is 17.8. The summed E-state index contributed by atoms with van der Waals surface area (Å²) in [6.07, 6.45) is -5.18. The monoisotopic (exact) mass is 392 g/mol. The molecule has 0 saturated carbocycles. The normalized spacial score (nSPS) is 11.4. The summed E-state index contributed by atoms with van der Waals surface area (Å²) in [7, 11) is 0. The highest BCUT2D eigenvalue weighted by molar-refractivity contribution is 9.10.